The lowest BCUT2D eigenvalue weighted by Crippen LogP contribution is -2.45. The maximum absolute atomic E-state index is 12.4. The van der Waals surface area contributed by atoms with Crippen LogP contribution >= 0.6 is 0 Å². The molecule has 1 aromatic carbocycles. The summed E-state index contributed by atoms with van der Waals surface area (Å²) < 4.78 is 6.95. The summed E-state index contributed by atoms with van der Waals surface area (Å²) in [4.78, 5) is 12.4. The molecule has 0 unspecified atom stereocenters. The van der Waals surface area contributed by atoms with Gasteiger partial charge in [0.15, 0.2) is 0 Å². The van der Waals surface area contributed by atoms with E-state index < -0.39 is 5.60 Å². The fraction of sp³-hybridized carbons (Fsp3) is 0.471. The average Bonchev–Trinajstić information content (AvgIpc) is 2.53. The number of hydrogen-bond donors (Lipinski definition) is 2. The van der Waals surface area contributed by atoms with E-state index >= 15 is 0 Å². The minimum absolute atomic E-state index is 0.00478. The molecule has 2 N–H and O–H groups in total. The summed E-state index contributed by atoms with van der Waals surface area (Å²) in [7, 11) is 1.79. The molecule has 1 aliphatic heterocycles. The number of nitrogens with one attached hydrogen (secondary N) is 1. The lowest BCUT2D eigenvalue weighted by atomic mass is 9.94. The Kier molecular flexibility index (Phi) is 4.29. The predicted molar refractivity (Wildman–Crippen MR) is 85.9 cm³/mol. The van der Waals surface area contributed by atoms with Gasteiger partial charge in [0.05, 0.1) is 11.1 Å². The molecule has 5 heteroatoms. The fourth-order valence-corrected chi connectivity index (χ4v) is 2.97. The van der Waals surface area contributed by atoms with Crippen molar-refractivity contribution in [3.05, 3.63) is 46.2 Å². The zero-order chi connectivity index (χ0) is 15.6. The lowest BCUT2D eigenvalue weighted by Gasteiger charge is -2.32. The first-order valence-electron chi connectivity index (χ1n) is 7.68. The summed E-state index contributed by atoms with van der Waals surface area (Å²) in [6.45, 7) is 2.12. The van der Waals surface area contributed by atoms with Crippen LogP contribution in [0.5, 0.6) is 0 Å². The third-order valence-electron chi connectivity index (χ3n) is 4.40. The van der Waals surface area contributed by atoms with Crippen LogP contribution in [0.15, 0.2) is 35.1 Å². The molecule has 0 aliphatic carbocycles. The number of aliphatic hydroxyl groups is 1. The van der Waals surface area contributed by atoms with Gasteiger partial charge >= 0.3 is 0 Å². The van der Waals surface area contributed by atoms with Crippen molar-refractivity contribution in [1.29, 1.82) is 0 Å². The van der Waals surface area contributed by atoms with Crippen molar-refractivity contribution in [3.63, 3.8) is 0 Å². The molecule has 2 aromatic rings. The van der Waals surface area contributed by atoms with Crippen molar-refractivity contribution in [2.75, 3.05) is 19.8 Å². The number of nitrogens with zero attached hydrogens (tertiary/aromatic N) is 1. The smallest absolute Gasteiger partial charge is 0.255 e. The van der Waals surface area contributed by atoms with Crippen LogP contribution in [0.25, 0.3) is 10.9 Å². The lowest BCUT2D eigenvalue weighted by molar-refractivity contribution is -0.0617. The number of aryl methyl sites for hydroxylation is 1. The van der Waals surface area contributed by atoms with E-state index in [-0.39, 0.29) is 5.56 Å². The number of rotatable bonds is 4. The maximum atomic E-state index is 12.4. The second-order valence-electron chi connectivity index (χ2n) is 6.03. The van der Waals surface area contributed by atoms with Crippen LogP contribution in [0.4, 0.5) is 0 Å². The number of benzene rings is 1. The van der Waals surface area contributed by atoms with Gasteiger partial charge in [0.1, 0.15) is 0 Å². The first-order chi connectivity index (χ1) is 10.6. The van der Waals surface area contributed by atoms with Gasteiger partial charge in [0, 0.05) is 51.8 Å². The van der Waals surface area contributed by atoms with E-state index in [9.17, 15) is 9.90 Å². The van der Waals surface area contributed by atoms with E-state index in [1.807, 2.05) is 30.3 Å². The Morgan fingerprint density at radius 3 is 2.82 bits per heavy atom. The highest BCUT2D eigenvalue weighted by Gasteiger charge is 2.29. The molecule has 0 spiro atoms. The highest BCUT2D eigenvalue weighted by molar-refractivity contribution is 5.79. The minimum atomic E-state index is -0.722. The van der Waals surface area contributed by atoms with E-state index in [4.69, 9.17) is 4.74 Å². The number of pyridine rings is 1. The van der Waals surface area contributed by atoms with Crippen LogP contribution in [-0.4, -0.2) is 35.0 Å². The van der Waals surface area contributed by atoms with Gasteiger partial charge in [0.25, 0.3) is 5.56 Å². The summed E-state index contributed by atoms with van der Waals surface area (Å²) in [6, 6.07) is 9.77. The normalized spacial score (nSPS) is 17.7. The first kappa shape index (κ1) is 15.2. The molecular formula is C17H22N2O3. The van der Waals surface area contributed by atoms with Crippen LogP contribution < -0.4 is 10.9 Å². The molecule has 2 heterocycles. The molecule has 0 radical (unpaired) electrons. The third kappa shape index (κ3) is 3.06. The molecule has 118 valence electrons. The summed E-state index contributed by atoms with van der Waals surface area (Å²) >= 11 is 0. The van der Waals surface area contributed by atoms with Crippen LogP contribution in [0.1, 0.15) is 18.4 Å². The number of aromatic nitrogens is 1. The van der Waals surface area contributed by atoms with E-state index in [0.717, 1.165) is 16.5 Å². The minimum Gasteiger partial charge on any atom is -0.388 e. The molecular weight excluding hydrogens is 280 g/mol. The SMILES string of the molecule is Cn1c(=O)c(CNCC2(O)CCOCC2)cc2ccccc21. The van der Waals surface area contributed by atoms with Crippen LogP contribution in [0.2, 0.25) is 0 Å². The van der Waals surface area contributed by atoms with Gasteiger partial charge in [-0.05, 0) is 17.5 Å². The van der Waals surface area contributed by atoms with Gasteiger partial charge in [-0.25, -0.2) is 0 Å². The third-order valence-corrected chi connectivity index (χ3v) is 4.40. The Bertz CT molecular complexity index is 717. The van der Waals surface area contributed by atoms with Gasteiger partial charge in [-0.1, -0.05) is 18.2 Å². The molecule has 1 aliphatic rings. The monoisotopic (exact) mass is 302 g/mol. The van der Waals surface area contributed by atoms with E-state index in [1.54, 1.807) is 11.6 Å². The molecule has 0 atom stereocenters. The Morgan fingerprint density at radius 1 is 1.32 bits per heavy atom. The maximum Gasteiger partial charge on any atom is 0.255 e. The van der Waals surface area contributed by atoms with Crippen LogP contribution in [0.3, 0.4) is 0 Å². The number of para-hydroxylation sites is 1. The fourth-order valence-electron chi connectivity index (χ4n) is 2.97. The van der Waals surface area contributed by atoms with Crippen molar-refractivity contribution in [2.45, 2.75) is 25.0 Å². The van der Waals surface area contributed by atoms with Gasteiger partial charge < -0.3 is 19.7 Å². The molecule has 22 heavy (non-hydrogen) atoms. The Morgan fingerprint density at radius 2 is 2.05 bits per heavy atom. The van der Waals surface area contributed by atoms with E-state index in [1.165, 1.54) is 0 Å². The Hall–Kier alpha value is -1.69. The Balaban J connectivity index is 1.74. The first-order valence-corrected chi connectivity index (χ1v) is 7.68. The van der Waals surface area contributed by atoms with Crippen molar-refractivity contribution in [3.8, 4) is 0 Å². The molecule has 1 saturated heterocycles. The Labute approximate surface area is 129 Å². The molecule has 0 saturated carbocycles. The van der Waals surface area contributed by atoms with Crippen molar-refractivity contribution in [2.24, 2.45) is 7.05 Å². The predicted octanol–water partition coefficient (Wildman–Crippen LogP) is 1.17. The number of hydrogen-bond acceptors (Lipinski definition) is 4. The molecule has 1 aromatic heterocycles. The largest absolute Gasteiger partial charge is 0.388 e. The summed E-state index contributed by atoms with van der Waals surface area (Å²) in [5, 5.41) is 14.7. The highest BCUT2D eigenvalue weighted by Crippen LogP contribution is 2.19. The summed E-state index contributed by atoms with van der Waals surface area (Å²) in [6.07, 6.45) is 1.27. The summed E-state index contributed by atoms with van der Waals surface area (Å²) in [5.41, 5.74) is 0.932. The van der Waals surface area contributed by atoms with Crippen molar-refractivity contribution >= 4 is 10.9 Å². The molecule has 0 bridgehead atoms. The second kappa shape index (κ2) is 6.20. The standard InChI is InChI=1S/C17H22N2O3/c1-19-15-5-3-2-4-13(15)10-14(16(19)20)11-18-12-17(21)6-8-22-9-7-17/h2-5,10,18,21H,6-9,11-12H2,1H3. The molecule has 0 amide bonds. The quantitative estimate of drug-likeness (QED) is 0.890. The molecule has 5 nitrogen and oxygen atoms in total. The number of ether oxygens (including phenoxy) is 1. The van der Waals surface area contributed by atoms with Crippen molar-refractivity contribution in [1.82, 2.24) is 9.88 Å². The van der Waals surface area contributed by atoms with Gasteiger partial charge in [-0.2, -0.15) is 0 Å². The van der Waals surface area contributed by atoms with Gasteiger partial charge in [-0.3, -0.25) is 4.79 Å². The van der Waals surface area contributed by atoms with Crippen molar-refractivity contribution < 1.29 is 9.84 Å². The van der Waals surface area contributed by atoms with Gasteiger partial charge in [0.2, 0.25) is 0 Å². The summed E-state index contributed by atoms with van der Waals surface area (Å²) in [5.74, 6) is 0. The zero-order valence-electron chi connectivity index (χ0n) is 12.8. The second-order valence-corrected chi connectivity index (χ2v) is 6.03. The molecule has 1 fully saturated rings. The van der Waals surface area contributed by atoms with E-state index in [0.29, 0.717) is 39.1 Å². The van der Waals surface area contributed by atoms with Gasteiger partial charge in [-0.15, -0.1) is 0 Å². The van der Waals surface area contributed by atoms with Crippen LogP contribution in [-0.2, 0) is 18.3 Å². The van der Waals surface area contributed by atoms with E-state index in [2.05, 4.69) is 5.32 Å². The number of fused-ring (bicyclic) bond motifs is 1. The zero-order valence-corrected chi connectivity index (χ0v) is 12.8. The topological polar surface area (TPSA) is 63.5 Å². The highest BCUT2D eigenvalue weighted by atomic mass is 16.5. The molecule has 3 rings (SSSR count). The average molecular weight is 302 g/mol. The van der Waals surface area contributed by atoms with Crippen LogP contribution in [0, 0.1) is 0 Å².